The lowest BCUT2D eigenvalue weighted by molar-refractivity contribution is 0.102. The second kappa shape index (κ2) is 8.64. The molecule has 0 spiro atoms. The quantitative estimate of drug-likeness (QED) is 0.380. The first-order valence-electron chi connectivity index (χ1n) is 10.1. The molecule has 0 aliphatic rings. The van der Waals surface area contributed by atoms with Crippen molar-refractivity contribution in [2.24, 2.45) is 0 Å². The molecule has 2 aromatic heterocycles. The van der Waals surface area contributed by atoms with Crippen LogP contribution in [-0.4, -0.2) is 27.6 Å². The van der Waals surface area contributed by atoms with Crippen molar-refractivity contribution >= 4 is 32.6 Å². The summed E-state index contributed by atoms with van der Waals surface area (Å²) >= 11 is 1.44. The van der Waals surface area contributed by atoms with Crippen LogP contribution >= 0.6 is 11.3 Å². The molecule has 0 aliphatic carbocycles. The van der Waals surface area contributed by atoms with E-state index in [2.05, 4.69) is 27.4 Å². The zero-order valence-electron chi connectivity index (χ0n) is 17.4. The highest BCUT2D eigenvalue weighted by molar-refractivity contribution is 7.23. The van der Waals surface area contributed by atoms with Crippen molar-refractivity contribution in [3.05, 3.63) is 96.6 Å². The Labute approximate surface area is 189 Å². The minimum Gasteiger partial charge on any atom is -0.494 e. The first kappa shape index (κ1) is 20.0. The molecule has 5 rings (SSSR count). The van der Waals surface area contributed by atoms with E-state index in [0.717, 1.165) is 26.9 Å². The number of benzene rings is 3. The predicted octanol–water partition coefficient (Wildman–Crippen LogP) is 5.47. The molecule has 158 valence electrons. The molecule has 3 aromatic carbocycles. The number of ether oxygens (including phenoxy) is 1. The first-order chi connectivity index (χ1) is 15.7. The highest BCUT2D eigenvalue weighted by Crippen LogP contribution is 2.39. The Morgan fingerprint density at radius 2 is 1.88 bits per heavy atom. The molecule has 0 aliphatic heterocycles. The Morgan fingerprint density at radius 1 is 1.06 bits per heavy atom. The van der Waals surface area contributed by atoms with E-state index in [4.69, 9.17) is 4.74 Å². The summed E-state index contributed by atoms with van der Waals surface area (Å²) in [7, 11) is 1.62. The van der Waals surface area contributed by atoms with Gasteiger partial charge in [0.05, 0.1) is 18.1 Å². The van der Waals surface area contributed by atoms with E-state index >= 15 is 0 Å². The lowest BCUT2D eigenvalue weighted by atomic mass is 10.1. The van der Waals surface area contributed by atoms with E-state index in [0.29, 0.717) is 23.0 Å². The summed E-state index contributed by atoms with van der Waals surface area (Å²) in [6, 6.07) is 21.6. The largest absolute Gasteiger partial charge is 0.494 e. The van der Waals surface area contributed by atoms with E-state index in [1.165, 1.54) is 11.3 Å². The molecule has 5 aromatic rings. The number of nitrogens with zero attached hydrogens (tertiary/aromatic N) is 3. The molecule has 6 nitrogen and oxygen atoms in total. The molecule has 0 saturated heterocycles. The van der Waals surface area contributed by atoms with Crippen molar-refractivity contribution in [2.45, 2.75) is 6.54 Å². The van der Waals surface area contributed by atoms with Crippen molar-refractivity contribution in [3.8, 4) is 16.9 Å². The molecule has 0 atom stereocenters. The Morgan fingerprint density at radius 3 is 2.59 bits per heavy atom. The Hall–Kier alpha value is -3.97. The number of thiazole rings is 1. The second-order valence-corrected chi connectivity index (χ2v) is 8.26. The topological polar surface area (TPSA) is 69.0 Å². The number of carbonyl (C=O) groups is 1. The summed E-state index contributed by atoms with van der Waals surface area (Å²) in [6.45, 7) is 0.710. The Balaban J connectivity index is 1.40. The van der Waals surface area contributed by atoms with Gasteiger partial charge < -0.3 is 9.30 Å². The smallest absolute Gasteiger partial charge is 0.257 e. The molecule has 0 radical (unpaired) electrons. The molecular weight excluding hydrogens is 420 g/mol. The number of hydrogen-bond acceptors (Lipinski definition) is 5. The number of fused-ring (bicyclic) bond motifs is 1. The van der Waals surface area contributed by atoms with Crippen molar-refractivity contribution < 1.29 is 9.53 Å². The fourth-order valence-corrected chi connectivity index (χ4v) is 4.58. The average Bonchev–Trinajstić information content (AvgIpc) is 3.49. The minimum absolute atomic E-state index is 0.196. The number of anilines is 1. The maximum atomic E-state index is 12.8. The van der Waals surface area contributed by atoms with Crippen molar-refractivity contribution in [1.82, 2.24) is 14.5 Å². The SMILES string of the molecule is COc1ccc(-c2ccccc2)c2sc(NC(=O)c3ccc(Cn4ccnc4)cc3)nc12. The third-order valence-electron chi connectivity index (χ3n) is 5.17. The predicted molar refractivity (Wildman–Crippen MR) is 127 cm³/mol. The van der Waals surface area contributed by atoms with E-state index in [1.807, 2.05) is 65.4 Å². The molecule has 32 heavy (non-hydrogen) atoms. The zero-order valence-corrected chi connectivity index (χ0v) is 18.2. The lowest BCUT2D eigenvalue weighted by Gasteiger charge is -2.05. The summed E-state index contributed by atoms with van der Waals surface area (Å²) in [6.07, 6.45) is 5.43. The van der Waals surface area contributed by atoms with Crippen molar-refractivity contribution in [2.75, 3.05) is 12.4 Å². The molecule has 7 heteroatoms. The van der Waals surface area contributed by atoms with Crippen molar-refractivity contribution in [3.63, 3.8) is 0 Å². The second-order valence-electron chi connectivity index (χ2n) is 7.26. The van der Waals surface area contributed by atoms with E-state index < -0.39 is 0 Å². The minimum atomic E-state index is -0.196. The van der Waals surface area contributed by atoms with Crippen LogP contribution in [0.5, 0.6) is 5.75 Å². The third-order valence-corrected chi connectivity index (χ3v) is 6.18. The van der Waals surface area contributed by atoms with Crippen LogP contribution in [0, 0.1) is 0 Å². The maximum Gasteiger partial charge on any atom is 0.257 e. The normalized spacial score (nSPS) is 10.9. The number of imidazole rings is 1. The molecule has 0 bridgehead atoms. The maximum absolute atomic E-state index is 12.8. The third kappa shape index (κ3) is 3.98. The van der Waals surface area contributed by atoms with Crippen molar-refractivity contribution in [1.29, 1.82) is 0 Å². The Bertz CT molecular complexity index is 1360. The lowest BCUT2D eigenvalue weighted by Crippen LogP contribution is -2.11. The monoisotopic (exact) mass is 440 g/mol. The number of amides is 1. The molecule has 2 heterocycles. The van der Waals surface area contributed by atoms with Gasteiger partial charge in [-0.05, 0) is 35.4 Å². The molecule has 0 saturated carbocycles. The van der Waals surface area contributed by atoms with Gasteiger partial charge in [0.25, 0.3) is 5.91 Å². The summed E-state index contributed by atoms with van der Waals surface area (Å²) in [4.78, 5) is 21.5. The molecular formula is C25H20N4O2S. The standard InChI is InChI=1S/C25H20N4O2S/c1-31-21-12-11-20(18-5-3-2-4-6-18)23-22(21)27-25(32-23)28-24(30)19-9-7-17(8-10-19)15-29-14-13-26-16-29/h2-14,16H,15H2,1H3,(H,27,28,30). The van der Waals surface area contributed by atoms with Crippen LogP contribution in [-0.2, 0) is 6.54 Å². The molecule has 0 fully saturated rings. The van der Waals surface area contributed by atoms with Gasteiger partial charge in [-0.25, -0.2) is 9.97 Å². The zero-order chi connectivity index (χ0) is 21.9. The van der Waals surface area contributed by atoms with Gasteiger partial charge in [-0.15, -0.1) is 0 Å². The van der Waals surface area contributed by atoms with E-state index in [-0.39, 0.29) is 5.91 Å². The highest BCUT2D eigenvalue weighted by atomic mass is 32.1. The van der Waals surface area contributed by atoms with Crippen LogP contribution in [0.2, 0.25) is 0 Å². The summed E-state index contributed by atoms with van der Waals surface area (Å²) < 4.78 is 8.46. The number of rotatable bonds is 6. The highest BCUT2D eigenvalue weighted by Gasteiger charge is 2.16. The average molecular weight is 441 g/mol. The number of carbonyl (C=O) groups excluding carboxylic acids is 1. The number of nitrogens with one attached hydrogen (secondary N) is 1. The number of aromatic nitrogens is 3. The number of methoxy groups -OCH3 is 1. The van der Waals surface area contributed by atoms with Crippen LogP contribution in [0.15, 0.2) is 85.5 Å². The van der Waals surface area contributed by atoms with Gasteiger partial charge in [-0.3, -0.25) is 10.1 Å². The first-order valence-corrected chi connectivity index (χ1v) is 10.9. The van der Waals surface area contributed by atoms with Gasteiger partial charge >= 0.3 is 0 Å². The fourth-order valence-electron chi connectivity index (χ4n) is 3.57. The molecule has 1 amide bonds. The van der Waals surface area contributed by atoms with Crippen LogP contribution in [0.1, 0.15) is 15.9 Å². The summed E-state index contributed by atoms with van der Waals surface area (Å²) in [5, 5.41) is 3.48. The van der Waals surface area contributed by atoms with Crippen LogP contribution in [0.3, 0.4) is 0 Å². The molecule has 1 N–H and O–H groups in total. The van der Waals surface area contributed by atoms with Gasteiger partial charge in [0.15, 0.2) is 5.13 Å². The van der Waals surface area contributed by atoms with Gasteiger partial charge in [-0.2, -0.15) is 0 Å². The molecule has 0 unspecified atom stereocenters. The van der Waals surface area contributed by atoms with E-state index in [9.17, 15) is 4.79 Å². The van der Waals surface area contributed by atoms with Crippen LogP contribution in [0.25, 0.3) is 21.3 Å². The summed E-state index contributed by atoms with van der Waals surface area (Å²) in [5.74, 6) is 0.485. The number of hydrogen-bond donors (Lipinski definition) is 1. The van der Waals surface area contributed by atoms with Gasteiger partial charge in [0, 0.05) is 30.1 Å². The van der Waals surface area contributed by atoms with Gasteiger partial charge in [0.1, 0.15) is 11.3 Å². The summed E-state index contributed by atoms with van der Waals surface area (Å²) in [5.41, 5.74) is 4.56. The van der Waals surface area contributed by atoms with Crippen LogP contribution < -0.4 is 10.1 Å². The van der Waals surface area contributed by atoms with Gasteiger partial charge in [-0.1, -0.05) is 53.8 Å². The van der Waals surface area contributed by atoms with Gasteiger partial charge in [0.2, 0.25) is 0 Å². The fraction of sp³-hybridized carbons (Fsp3) is 0.0800. The Kier molecular flexibility index (Phi) is 5.39. The van der Waals surface area contributed by atoms with E-state index in [1.54, 1.807) is 19.6 Å². The van der Waals surface area contributed by atoms with Crippen LogP contribution in [0.4, 0.5) is 5.13 Å².